The van der Waals surface area contributed by atoms with Crippen molar-refractivity contribution in [2.75, 3.05) is 26.8 Å². The molecule has 7 heteroatoms. The van der Waals surface area contributed by atoms with Gasteiger partial charge >= 0.3 is 0 Å². The van der Waals surface area contributed by atoms with Gasteiger partial charge in [0.05, 0.1) is 22.8 Å². The van der Waals surface area contributed by atoms with Gasteiger partial charge in [-0.3, -0.25) is 0 Å². The normalized spacial score (nSPS) is 11.0. The number of rotatable bonds is 8. The van der Waals surface area contributed by atoms with Gasteiger partial charge in [0.15, 0.2) is 11.5 Å². The fraction of sp³-hybridized carbons (Fsp3) is 0.300. The lowest BCUT2D eigenvalue weighted by atomic mass is 10.1. The maximum Gasteiger partial charge on any atom is 0.163 e. The predicted molar refractivity (Wildman–Crippen MR) is 104 cm³/mol. The Morgan fingerprint density at radius 2 is 1.93 bits per heavy atom. The van der Waals surface area contributed by atoms with E-state index in [1.54, 1.807) is 12.1 Å². The molecule has 0 atom stereocenters. The van der Waals surface area contributed by atoms with Gasteiger partial charge in [-0.1, -0.05) is 17.7 Å². The molecular formula is C20H21ClFN3O2. The molecule has 142 valence electrons. The Morgan fingerprint density at radius 3 is 2.67 bits per heavy atom. The highest BCUT2D eigenvalue weighted by Crippen LogP contribution is 2.33. The minimum absolute atomic E-state index is 0.0978. The van der Waals surface area contributed by atoms with E-state index in [9.17, 15) is 4.39 Å². The predicted octanol–water partition coefficient (Wildman–Crippen LogP) is 4.01. The molecule has 0 aliphatic rings. The number of likely N-dealkylation sites (N-methyl/N-ethyl adjacent to an activating group) is 1. The fourth-order valence-electron chi connectivity index (χ4n) is 2.75. The standard InChI is InChI=1S/C20H21ClFN3O2/c1-3-26-20-11-18-14(10-19(20)27-7-6-23-2)17(24-12-25-18)9-13-4-5-16(22)15(21)8-13/h4-5,8,10-12,23H,3,6-7,9H2,1-2H3. The zero-order valence-electron chi connectivity index (χ0n) is 15.3. The van der Waals surface area contributed by atoms with Crippen LogP contribution in [0.25, 0.3) is 10.9 Å². The van der Waals surface area contributed by atoms with Crippen LogP contribution in [0.15, 0.2) is 36.7 Å². The molecule has 0 saturated carbocycles. The van der Waals surface area contributed by atoms with Crippen LogP contribution in [0.5, 0.6) is 11.5 Å². The quantitative estimate of drug-likeness (QED) is 0.590. The fourth-order valence-corrected chi connectivity index (χ4v) is 2.95. The van der Waals surface area contributed by atoms with Gasteiger partial charge in [0.2, 0.25) is 0 Å². The lowest BCUT2D eigenvalue weighted by Gasteiger charge is -2.14. The van der Waals surface area contributed by atoms with E-state index >= 15 is 0 Å². The average molecular weight is 390 g/mol. The molecule has 1 N–H and O–H groups in total. The Kier molecular flexibility index (Phi) is 6.42. The second-order valence-electron chi connectivity index (χ2n) is 5.95. The van der Waals surface area contributed by atoms with Crippen LogP contribution in [0.2, 0.25) is 5.02 Å². The largest absolute Gasteiger partial charge is 0.490 e. The summed E-state index contributed by atoms with van der Waals surface area (Å²) >= 11 is 5.90. The van der Waals surface area contributed by atoms with E-state index in [2.05, 4.69) is 15.3 Å². The first kappa shape index (κ1) is 19.3. The van der Waals surface area contributed by atoms with E-state index < -0.39 is 5.82 Å². The molecule has 1 heterocycles. The molecule has 0 amide bonds. The van der Waals surface area contributed by atoms with Gasteiger partial charge in [0, 0.05) is 24.4 Å². The molecule has 0 saturated heterocycles. The number of aromatic nitrogens is 2. The molecule has 27 heavy (non-hydrogen) atoms. The highest BCUT2D eigenvalue weighted by molar-refractivity contribution is 6.30. The smallest absolute Gasteiger partial charge is 0.163 e. The summed E-state index contributed by atoms with van der Waals surface area (Å²) in [5.41, 5.74) is 2.44. The highest BCUT2D eigenvalue weighted by atomic mass is 35.5. The van der Waals surface area contributed by atoms with Crippen molar-refractivity contribution in [2.24, 2.45) is 0 Å². The number of hydrogen-bond acceptors (Lipinski definition) is 5. The van der Waals surface area contributed by atoms with E-state index in [4.69, 9.17) is 21.1 Å². The zero-order valence-corrected chi connectivity index (χ0v) is 16.0. The van der Waals surface area contributed by atoms with Crippen LogP contribution in [0, 0.1) is 5.82 Å². The molecule has 0 aliphatic carbocycles. The number of benzene rings is 2. The Morgan fingerprint density at radius 1 is 1.11 bits per heavy atom. The van der Waals surface area contributed by atoms with Crippen LogP contribution >= 0.6 is 11.6 Å². The van der Waals surface area contributed by atoms with Gasteiger partial charge < -0.3 is 14.8 Å². The summed E-state index contributed by atoms with van der Waals surface area (Å²) in [5, 5.41) is 4.01. The molecule has 0 aliphatic heterocycles. The molecule has 3 aromatic rings. The van der Waals surface area contributed by atoms with Crippen molar-refractivity contribution in [3.63, 3.8) is 0 Å². The number of nitrogens with one attached hydrogen (secondary N) is 1. The summed E-state index contributed by atoms with van der Waals surface area (Å²) in [4.78, 5) is 8.76. The van der Waals surface area contributed by atoms with E-state index in [0.29, 0.717) is 31.1 Å². The minimum Gasteiger partial charge on any atom is -0.490 e. The molecule has 0 spiro atoms. The Bertz CT molecular complexity index is 936. The minimum atomic E-state index is -0.436. The van der Waals surface area contributed by atoms with E-state index in [1.807, 2.05) is 26.1 Å². The summed E-state index contributed by atoms with van der Waals surface area (Å²) in [6.07, 6.45) is 2.02. The second-order valence-corrected chi connectivity index (χ2v) is 6.35. The highest BCUT2D eigenvalue weighted by Gasteiger charge is 2.13. The Hall–Kier alpha value is -2.44. The molecular weight excluding hydrogens is 369 g/mol. The average Bonchev–Trinajstić information content (AvgIpc) is 2.66. The van der Waals surface area contributed by atoms with E-state index in [1.165, 1.54) is 12.4 Å². The van der Waals surface area contributed by atoms with Gasteiger partial charge in [-0.2, -0.15) is 0 Å². The van der Waals surface area contributed by atoms with Crippen LogP contribution < -0.4 is 14.8 Å². The number of nitrogens with zero attached hydrogens (tertiary/aromatic N) is 2. The summed E-state index contributed by atoms with van der Waals surface area (Å²) in [6.45, 7) is 3.68. The van der Waals surface area contributed by atoms with Crippen molar-refractivity contribution in [3.05, 3.63) is 58.8 Å². The number of ether oxygens (including phenoxy) is 2. The van der Waals surface area contributed by atoms with Crippen LogP contribution in [0.1, 0.15) is 18.2 Å². The first-order valence-corrected chi connectivity index (χ1v) is 9.12. The monoisotopic (exact) mass is 389 g/mol. The first-order valence-electron chi connectivity index (χ1n) is 8.74. The zero-order chi connectivity index (χ0) is 19.2. The maximum atomic E-state index is 13.4. The summed E-state index contributed by atoms with van der Waals surface area (Å²) < 4.78 is 25.0. The van der Waals surface area contributed by atoms with Gasteiger partial charge in [-0.05, 0) is 37.7 Å². The van der Waals surface area contributed by atoms with Crippen molar-refractivity contribution in [1.82, 2.24) is 15.3 Å². The SMILES string of the molecule is CCOc1cc2ncnc(Cc3ccc(F)c(Cl)c3)c2cc1OCCNC. The van der Waals surface area contributed by atoms with Gasteiger partial charge in [0.25, 0.3) is 0 Å². The summed E-state index contributed by atoms with van der Waals surface area (Å²) in [6, 6.07) is 8.44. The first-order chi connectivity index (χ1) is 13.1. The number of halogens is 2. The molecule has 2 aromatic carbocycles. The molecule has 0 unspecified atom stereocenters. The van der Waals surface area contributed by atoms with Crippen molar-refractivity contribution in [2.45, 2.75) is 13.3 Å². The third kappa shape index (κ3) is 4.64. The topological polar surface area (TPSA) is 56.3 Å². The molecule has 0 fully saturated rings. The lowest BCUT2D eigenvalue weighted by Crippen LogP contribution is -2.16. The summed E-state index contributed by atoms with van der Waals surface area (Å²) in [7, 11) is 1.87. The Labute approximate surface area is 162 Å². The van der Waals surface area contributed by atoms with E-state index in [0.717, 1.165) is 28.7 Å². The summed E-state index contributed by atoms with van der Waals surface area (Å²) in [5.74, 6) is 0.859. The maximum absolute atomic E-state index is 13.4. The van der Waals surface area contributed by atoms with Crippen molar-refractivity contribution in [1.29, 1.82) is 0 Å². The van der Waals surface area contributed by atoms with Crippen LogP contribution in [-0.2, 0) is 6.42 Å². The van der Waals surface area contributed by atoms with Crippen molar-refractivity contribution >= 4 is 22.5 Å². The van der Waals surface area contributed by atoms with Gasteiger partial charge in [-0.25, -0.2) is 14.4 Å². The third-order valence-corrected chi connectivity index (χ3v) is 4.34. The molecule has 0 radical (unpaired) electrons. The third-order valence-electron chi connectivity index (χ3n) is 4.05. The Balaban J connectivity index is 1.99. The van der Waals surface area contributed by atoms with Gasteiger partial charge in [0.1, 0.15) is 18.8 Å². The van der Waals surface area contributed by atoms with Crippen molar-refractivity contribution in [3.8, 4) is 11.5 Å². The van der Waals surface area contributed by atoms with Crippen LogP contribution in [-0.4, -0.2) is 36.8 Å². The molecule has 5 nitrogen and oxygen atoms in total. The lowest BCUT2D eigenvalue weighted by molar-refractivity contribution is 0.278. The number of hydrogen-bond donors (Lipinski definition) is 1. The molecule has 3 rings (SSSR count). The van der Waals surface area contributed by atoms with Gasteiger partial charge in [-0.15, -0.1) is 0 Å². The molecule has 0 bridgehead atoms. The van der Waals surface area contributed by atoms with Crippen LogP contribution in [0.4, 0.5) is 4.39 Å². The molecule has 1 aromatic heterocycles. The number of fused-ring (bicyclic) bond motifs is 1. The van der Waals surface area contributed by atoms with E-state index in [-0.39, 0.29) is 5.02 Å². The van der Waals surface area contributed by atoms with Crippen LogP contribution in [0.3, 0.4) is 0 Å². The second kappa shape index (κ2) is 8.97. The van der Waals surface area contributed by atoms with Crippen molar-refractivity contribution < 1.29 is 13.9 Å².